The summed E-state index contributed by atoms with van der Waals surface area (Å²) in [5.41, 5.74) is 26.6. The highest BCUT2D eigenvalue weighted by atomic mass is 15.1. The Hall–Kier alpha value is -9.30. The average molecular weight is 1090 g/mol. The van der Waals surface area contributed by atoms with E-state index in [2.05, 4.69) is 323 Å². The van der Waals surface area contributed by atoms with Crippen LogP contribution in [0.2, 0.25) is 0 Å². The average Bonchev–Trinajstić information content (AvgIpc) is 2.38. The number of hydrogen-bond acceptors (Lipinski definition) is 1. The summed E-state index contributed by atoms with van der Waals surface area (Å²) >= 11 is 0. The van der Waals surface area contributed by atoms with Crippen molar-refractivity contribution in [2.75, 3.05) is 4.90 Å². The molecule has 2 aliphatic carbocycles. The third-order valence-corrected chi connectivity index (χ3v) is 19.4. The minimum atomic E-state index is -0.267. The second kappa shape index (κ2) is 19.1. The predicted molar refractivity (Wildman–Crippen MR) is 365 cm³/mol. The summed E-state index contributed by atoms with van der Waals surface area (Å²) in [5.74, 6) is 0. The van der Waals surface area contributed by atoms with Gasteiger partial charge >= 0.3 is 0 Å². The highest BCUT2D eigenvalue weighted by Crippen LogP contribution is 2.59. The van der Waals surface area contributed by atoms with Crippen LogP contribution in [0.3, 0.4) is 0 Å². The molecule has 0 bridgehead atoms. The fourth-order valence-electron chi connectivity index (χ4n) is 14.7. The fourth-order valence-corrected chi connectivity index (χ4v) is 14.7. The first kappa shape index (κ1) is 52.5. The zero-order valence-electron chi connectivity index (χ0n) is 50.6. The Bertz CT molecular complexity index is 4720. The molecule has 15 rings (SSSR count). The molecule has 85 heavy (non-hydrogen) atoms. The first-order valence-corrected chi connectivity index (χ1v) is 30.5. The van der Waals surface area contributed by atoms with Crippen LogP contribution in [-0.4, -0.2) is 0 Å². The molecule has 13 aromatic carbocycles. The Morgan fingerprint density at radius 1 is 0.282 bits per heavy atom. The van der Waals surface area contributed by atoms with E-state index < -0.39 is 0 Å². The first-order chi connectivity index (χ1) is 40.9. The first-order valence-electron chi connectivity index (χ1n) is 30.5. The molecule has 0 heterocycles. The normalized spacial score (nSPS) is 14.0. The molecule has 1 nitrogen and oxygen atoms in total. The van der Waals surface area contributed by atoms with Gasteiger partial charge in [-0.15, -0.1) is 0 Å². The summed E-state index contributed by atoms with van der Waals surface area (Å²) < 4.78 is 0. The van der Waals surface area contributed by atoms with Gasteiger partial charge in [-0.3, -0.25) is 0 Å². The minimum Gasteiger partial charge on any atom is -0.310 e. The van der Waals surface area contributed by atoms with Gasteiger partial charge in [0.15, 0.2) is 0 Å². The maximum Gasteiger partial charge on any atom is 0.0543 e. The van der Waals surface area contributed by atoms with Crippen molar-refractivity contribution in [1.82, 2.24) is 0 Å². The second-order valence-corrected chi connectivity index (χ2v) is 27.3. The van der Waals surface area contributed by atoms with Gasteiger partial charge in [-0.05, 0) is 203 Å². The molecule has 0 unspecified atom stereocenters. The van der Waals surface area contributed by atoms with Crippen LogP contribution in [0.1, 0.15) is 103 Å². The molecular formula is C84H71N. The Morgan fingerprint density at radius 3 is 1.34 bits per heavy atom. The number of hydrogen-bond donors (Lipinski definition) is 0. The van der Waals surface area contributed by atoms with Crippen LogP contribution >= 0.6 is 0 Å². The summed E-state index contributed by atoms with van der Waals surface area (Å²) in [6.07, 6.45) is 0. The number of benzene rings is 13. The van der Waals surface area contributed by atoms with E-state index in [-0.39, 0.29) is 21.7 Å². The third-order valence-electron chi connectivity index (χ3n) is 19.4. The van der Waals surface area contributed by atoms with Gasteiger partial charge in [-0.25, -0.2) is 0 Å². The standard InChI is InChI=1S/C84H71N/c1-81(2,3)57-36-40-59(41-37-57)85(60-42-38-58(39-43-60)82(4,5)6)78-51-77-80(70-30-16-15-29-67(70)78)73-50-75-72(49-76(73)84(77,9)10)66-44-35-55(48-74(66)83(75,7)8)54-25-17-26-56(47-54)63-45-46-71(65-32-19-24-53-22-12-14-28-62(53)65)79-68(63)33-20-34-69(79)64-31-18-23-52-21-11-13-27-61(52)64/h11-51H,1-10H3. The van der Waals surface area contributed by atoms with Crippen molar-refractivity contribution in [2.24, 2.45) is 0 Å². The van der Waals surface area contributed by atoms with Gasteiger partial charge in [0.25, 0.3) is 0 Å². The fraction of sp³-hybridized carbons (Fsp3) is 0.167. The molecule has 0 N–H and O–H groups in total. The van der Waals surface area contributed by atoms with Crippen LogP contribution in [0.5, 0.6) is 0 Å². The maximum atomic E-state index is 2.58. The second-order valence-electron chi connectivity index (χ2n) is 27.3. The van der Waals surface area contributed by atoms with Gasteiger partial charge < -0.3 is 4.90 Å². The van der Waals surface area contributed by atoms with E-state index in [1.54, 1.807) is 0 Å². The molecular weight excluding hydrogens is 1020 g/mol. The molecule has 0 saturated carbocycles. The number of anilines is 3. The zero-order valence-corrected chi connectivity index (χ0v) is 50.6. The van der Waals surface area contributed by atoms with Crippen molar-refractivity contribution < 1.29 is 0 Å². The highest BCUT2D eigenvalue weighted by Gasteiger charge is 2.43. The van der Waals surface area contributed by atoms with Crippen molar-refractivity contribution in [2.45, 2.75) is 90.9 Å². The van der Waals surface area contributed by atoms with Gasteiger partial charge in [0.05, 0.1) is 5.69 Å². The quantitative estimate of drug-likeness (QED) is 0.154. The molecule has 0 atom stereocenters. The Balaban J connectivity index is 0.833. The zero-order chi connectivity index (χ0) is 58.3. The molecule has 412 valence electrons. The highest BCUT2D eigenvalue weighted by molar-refractivity contribution is 6.17. The van der Waals surface area contributed by atoms with Crippen LogP contribution < -0.4 is 4.90 Å². The van der Waals surface area contributed by atoms with E-state index in [9.17, 15) is 0 Å². The van der Waals surface area contributed by atoms with E-state index >= 15 is 0 Å². The summed E-state index contributed by atoms with van der Waals surface area (Å²) in [7, 11) is 0. The number of fused-ring (bicyclic) bond motifs is 11. The van der Waals surface area contributed by atoms with Crippen molar-refractivity contribution in [3.05, 3.63) is 282 Å². The smallest absolute Gasteiger partial charge is 0.0543 e. The Labute approximate surface area is 501 Å². The van der Waals surface area contributed by atoms with E-state index in [4.69, 9.17) is 0 Å². The van der Waals surface area contributed by atoms with Gasteiger partial charge in [0, 0.05) is 27.6 Å². The summed E-state index contributed by atoms with van der Waals surface area (Å²) in [6.45, 7) is 23.5. The van der Waals surface area contributed by atoms with Crippen molar-refractivity contribution in [1.29, 1.82) is 0 Å². The molecule has 1 heteroatoms. The molecule has 0 aliphatic heterocycles. The monoisotopic (exact) mass is 1090 g/mol. The lowest BCUT2D eigenvalue weighted by molar-refractivity contribution is 0.590. The molecule has 0 fully saturated rings. The van der Waals surface area contributed by atoms with Gasteiger partial charge in [-0.2, -0.15) is 0 Å². The summed E-state index contributed by atoms with van der Waals surface area (Å²) in [5, 5.41) is 10.1. The van der Waals surface area contributed by atoms with E-state index in [1.165, 1.54) is 149 Å². The molecule has 13 aromatic rings. The van der Waals surface area contributed by atoms with Crippen LogP contribution in [-0.2, 0) is 21.7 Å². The van der Waals surface area contributed by atoms with Crippen molar-refractivity contribution in [3.63, 3.8) is 0 Å². The minimum absolute atomic E-state index is 0.0491. The van der Waals surface area contributed by atoms with Crippen LogP contribution in [0, 0.1) is 0 Å². The van der Waals surface area contributed by atoms with Crippen molar-refractivity contribution >= 4 is 60.2 Å². The van der Waals surface area contributed by atoms with E-state index in [1.807, 2.05) is 0 Å². The maximum absolute atomic E-state index is 2.58. The van der Waals surface area contributed by atoms with Gasteiger partial charge in [-0.1, -0.05) is 263 Å². The Kier molecular flexibility index (Phi) is 11.8. The lowest BCUT2D eigenvalue weighted by Gasteiger charge is -2.31. The third kappa shape index (κ3) is 8.33. The Morgan fingerprint density at radius 2 is 0.718 bits per heavy atom. The SMILES string of the molecule is CC(C)(C)c1ccc(N(c2ccc(C(C)(C)C)cc2)c2cc3c(c4ccccc24)-c2cc4c(cc2C3(C)C)-c2ccc(-c3cccc(-c5ccc(-c6cccc7ccccc67)c6c(-c7cccc8ccccc78)cccc56)c3)cc2C4(C)C)cc1. The number of rotatable bonds is 7. The predicted octanol–water partition coefficient (Wildman–Crippen LogP) is 23.6. The molecule has 0 radical (unpaired) electrons. The molecule has 0 saturated heterocycles. The lowest BCUT2D eigenvalue weighted by Crippen LogP contribution is -2.18. The van der Waals surface area contributed by atoms with Crippen LogP contribution in [0.25, 0.3) is 110 Å². The summed E-state index contributed by atoms with van der Waals surface area (Å²) in [4.78, 5) is 2.50. The topological polar surface area (TPSA) is 3.24 Å². The number of nitrogens with zero attached hydrogens (tertiary/aromatic N) is 1. The lowest BCUT2D eigenvalue weighted by atomic mass is 9.79. The van der Waals surface area contributed by atoms with E-state index in [0.29, 0.717) is 0 Å². The molecule has 0 spiro atoms. The van der Waals surface area contributed by atoms with Crippen LogP contribution in [0.15, 0.2) is 249 Å². The largest absolute Gasteiger partial charge is 0.310 e. The summed E-state index contributed by atoms with van der Waals surface area (Å²) in [6, 6.07) is 94.7. The van der Waals surface area contributed by atoms with E-state index in [0.717, 1.165) is 11.4 Å². The van der Waals surface area contributed by atoms with Crippen LogP contribution in [0.4, 0.5) is 17.1 Å². The van der Waals surface area contributed by atoms with Gasteiger partial charge in [0.2, 0.25) is 0 Å². The molecule has 0 amide bonds. The molecule has 0 aromatic heterocycles. The van der Waals surface area contributed by atoms with Gasteiger partial charge in [0.1, 0.15) is 0 Å². The molecule has 2 aliphatic rings. The van der Waals surface area contributed by atoms with Crippen molar-refractivity contribution in [3.8, 4) is 66.8 Å².